The first-order chi connectivity index (χ1) is 7.45. The summed E-state index contributed by atoms with van der Waals surface area (Å²) in [7, 11) is 0. The lowest BCUT2D eigenvalue weighted by molar-refractivity contribution is -0.0680. The summed E-state index contributed by atoms with van der Waals surface area (Å²) in [4.78, 5) is 0. The van der Waals surface area contributed by atoms with Crippen LogP contribution < -0.4 is 0 Å². The quantitative estimate of drug-likeness (QED) is 0.928. The summed E-state index contributed by atoms with van der Waals surface area (Å²) < 4.78 is 3.04. The van der Waals surface area contributed by atoms with Crippen molar-refractivity contribution >= 4 is 15.9 Å². The van der Waals surface area contributed by atoms with E-state index in [0.717, 1.165) is 35.2 Å². The molecule has 0 saturated heterocycles. The highest BCUT2D eigenvalue weighted by Gasteiger charge is 2.41. The third-order valence-corrected chi connectivity index (χ3v) is 4.44. The predicted molar refractivity (Wildman–Crippen MR) is 67.4 cm³/mol. The number of nitrogens with zero attached hydrogens (tertiary/aromatic N) is 2. The molecule has 0 amide bonds. The van der Waals surface area contributed by atoms with E-state index in [4.69, 9.17) is 0 Å². The Morgan fingerprint density at radius 2 is 2.19 bits per heavy atom. The molecule has 0 radical (unpaired) electrons. The molecule has 0 aliphatic heterocycles. The molecule has 4 heteroatoms. The van der Waals surface area contributed by atoms with Gasteiger partial charge in [0.1, 0.15) is 0 Å². The molecule has 0 atom stereocenters. The molecule has 0 bridgehead atoms. The lowest BCUT2D eigenvalue weighted by atomic mass is 9.70. The summed E-state index contributed by atoms with van der Waals surface area (Å²) in [6.45, 7) is 7.11. The van der Waals surface area contributed by atoms with E-state index in [2.05, 4.69) is 34.9 Å². The van der Waals surface area contributed by atoms with Gasteiger partial charge in [-0.15, -0.1) is 0 Å². The summed E-state index contributed by atoms with van der Waals surface area (Å²) in [6, 6.07) is 0. The van der Waals surface area contributed by atoms with Gasteiger partial charge in [-0.25, -0.2) is 0 Å². The molecule has 1 aliphatic carbocycles. The Labute approximate surface area is 105 Å². The SMILES string of the molecule is CCn1nc(C)c(Br)c1CC1(O)CC(C)C1. The van der Waals surface area contributed by atoms with Gasteiger partial charge in [0, 0.05) is 13.0 Å². The van der Waals surface area contributed by atoms with Crippen molar-refractivity contribution in [1.29, 1.82) is 0 Å². The van der Waals surface area contributed by atoms with Gasteiger partial charge in [0.05, 0.1) is 21.5 Å². The first-order valence-corrected chi connectivity index (χ1v) is 6.68. The number of aromatic nitrogens is 2. The lowest BCUT2D eigenvalue weighted by Crippen LogP contribution is -2.45. The summed E-state index contributed by atoms with van der Waals surface area (Å²) in [5, 5.41) is 14.8. The van der Waals surface area contributed by atoms with E-state index in [0.29, 0.717) is 12.3 Å². The van der Waals surface area contributed by atoms with E-state index in [1.807, 2.05) is 11.6 Å². The predicted octanol–water partition coefficient (Wildman–Crippen LogP) is 2.68. The molecule has 90 valence electrons. The van der Waals surface area contributed by atoms with Gasteiger partial charge in [-0.1, -0.05) is 6.92 Å². The zero-order chi connectivity index (χ0) is 11.9. The number of rotatable bonds is 3. The third kappa shape index (κ3) is 2.05. The smallest absolute Gasteiger partial charge is 0.0738 e. The van der Waals surface area contributed by atoms with E-state index in [1.54, 1.807) is 0 Å². The van der Waals surface area contributed by atoms with Gasteiger partial charge in [0.2, 0.25) is 0 Å². The summed E-state index contributed by atoms with van der Waals surface area (Å²) in [6.07, 6.45) is 2.54. The van der Waals surface area contributed by atoms with E-state index in [-0.39, 0.29) is 0 Å². The van der Waals surface area contributed by atoms with Crippen LogP contribution in [0, 0.1) is 12.8 Å². The Morgan fingerprint density at radius 3 is 2.69 bits per heavy atom. The normalized spacial score (nSPS) is 29.2. The Kier molecular flexibility index (Phi) is 3.14. The average Bonchev–Trinajstić information content (AvgIpc) is 2.43. The molecule has 1 N–H and O–H groups in total. The highest BCUT2D eigenvalue weighted by molar-refractivity contribution is 9.10. The Balaban J connectivity index is 2.21. The minimum Gasteiger partial charge on any atom is -0.389 e. The Hall–Kier alpha value is -0.350. The van der Waals surface area contributed by atoms with Gasteiger partial charge in [0.15, 0.2) is 0 Å². The molecule has 3 nitrogen and oxygen atoms in total. The van der Waals surface area contributed by atoms with Crippen molar-refractivity contribution in [2.24, 2.45) is 5.92 Å². The highest BCUT2D eigenvalue weighted by Crippen LogP contribution is 2.41. The minimum absolute atomic E-state index is 0.499. The van der Waals surface area contributed by atoms with E-state index < -0.39 is 5.60 Å². The molecule has 0 unspecified atom stereocenters. The Morgan fingerprint density at radius 1 is 1.56 bits per heavy atom. The number of aryl methyl sites for hydroxylation is 2. The van der Waals surface area contributed by atoms with Crippen molar-refractivity contribution in [3.8, 4) is 0 Å². The van der Waals surface area contributed by atoms with Crippen LogP contribution in [0.2, 0.25) is 0 Å². The minimum atomic E-state index is -0.499. The topological polar surface area (TPSA) is 38.0 Å². The number of hydrogen-bond donors (Lipinski definition) is 1. The maximum Gasteiger partial charge on any atom is 0.0738 e. The summed E-state index contributed by atoms with van der Waals surface area (Å²) in [5.41, 5.74) is 1.64. The fourth-order valence-corrected chi connectivity index (χ4v) is 3.16. The van der Waals surface area contributed by atoms with Crippen molar-refractivity contribution < 1.29 is 5.11 Å². The van der Waals surface area contributed by atoms with Crippen LogP contribution in [-0.2, 0) is 13.0 Å². The largest absolute Gasteiger partial charge is 0.389 e. The molecule has 1 heterocycles. The van der Waals surface area contributed by atoms with Crippen molar-refractivity contribution in [3.05, 3.63) is 15.9 Å². The van der Waals surface area contributed by atoms with Gasteiger partial charge in [-0.05, 0) is 48.5 Å². The molecule has 1 aliphatic rings. The van der Waals surface area contributed by atoms with Crippen LogP contribution in [-0.4, -0.2) is 20.5 Å². The molecule has 16 heavy (non-hydrogen) atoms. The first-order valence-electron chi connectivity index (χ1n) is 5.89. The van der Waals surface area contributed by atoms with Crippen LogP contribution in [0.25, 0.3) is 0 Å². The van der Waals surface area contributed by atoms with Gasteiger partial charge in [0.25, 0.3) is 0 Å². The van der Waals surface area contributed by atoms with Crippen LogP contribution in [0.3, 0.4) is 0 Å². The van der Waals surface area contributed by atoms with Gasteiger partial charge >= 0.3 is 0 Å². The molecule has 1 fully saturated rings. The van der Waals surface area contributed by atoms with Gasteiger partial charge < -0.3 is 5.11 Å². The fraction of sp³-hybridized carbons (Fsp3) is 0.750. The fourth-order valence-electron chi connectivity index (χ4n) is 2.73. The first kappa shape index (κ1) is 12.1. The van der Waals surface area contributed by atoms with Crippen LogP contribution in [0.4, 0.5) is 0 Å². The zero-order valence-electron chi connectivity index (χ0n) is 10.1. The molecule has 1 aromatic heterocycles. The van der Waals surface area contributed by atoms with E-state index >= 15 is 0 Å². The molecule has 1 saturated carbocycles. The molecule has 0 spiro atoms. The van der Waals surface area contributed by atoms with Crippen molar-refractivity contribution in [3.63, 3.8) is 0 Å². The second-order valence-electron chi connectivity index (χ2n) is 5.08. The standard InChI is InChI=1S/C12H19BrN2O/c1-4-15-10(11(13)9(3)14-15)7-12(16)5-8(2)6-12/h8,16H,4-7H2,1-3H3. The second kappa shape index (κ2) is 4.15. The van der Waals surface area contributed by atoms with Crippen molar-refractivity contribution in [2.45, 2.75) is 52.2 Å². The van der Waals surface area contributed by atoms with Crippen LogP contribution in [0.1, 0.15) is 38.1 Å². The van der Waals surface area contributed by atoms with Gasteiger partial charge in [-0.2, -0.15) is 5.10 Å². The molecular formula is C12H19BrN2O. The van der Waals surface area contributed by atoms with Crippen molar-refractivity contribution in [2.75, 3.05) is 0 Å². The molecular weight excluding hydrogens is 268 g/mol. The Bertz CT molecular complexity index is 394. The maximum atomic E-state index is 10.3. The number of aliphatic hydroxyl groups is 1. The van der Waals surface area contributed by atoms with E-state index in [1.165, 1.54) is 0 Å². The highest BCUT2D eigenvalue weighted by atomic mass is 79.9. The van der Waals surface area contributed by atoms with Crippen molar-refractivity contribution in [1.82, 2.24) is 9.78 Å². The lowest BCUT2D eigenvalue weighted by Gasteiger charge is -2.42. The van der Waals surface area contributed by atoms with E-state index in [9.17, 15) is 5.11 Å². The molecule has 0 aromatic carbocycles. The van der Waals surface area contributed by atoms with Crippen LogP contribution in [0.5, 0.6) is 0 Å². The summed E-state index contributed by atoms with van der Waals surface area (Å²) in [5.74, 6) is 0.655. The number of hydrogen-bond acceptors (Lipinski definition) is 2. The monoisotopic (exact) mass is 286 g/mol. The second-order valence-corrected chi connectivity index (χ2v) is 5.87. The maximum absolute atomic E-state index is 10.3. The zero-order valence-corrected chi connectivity index (χ0v) is 11.7. The number of halogens is 1. The van der Waals surface area contributed by atoms with Gasteiger partial charge in [-0.3, -0.25) is 4.68 Å². The van der Waals surface area contributed by atoms with Crippen LogP contribution >= 0.6 is 15.9 Å². The summed E-state index contributed by atoms with van der Waals surface area (Å²) >= 11 is 3.57. The molecule has 2 rings (SSSR count). The average molecular weight is 287 g/mol. The third-order valence-electron chi connectivity index (χ3n) is 3.41. The molecule has 1 aromatic rings. The van der Waals surface area contributed by atoms with Crippen LogP contribution in [0.15, 0.2) is 4.47 Å².